The first-order valence-electron chi connectivity index (χ1n) is 7.23. The Kier molecular flexibility index (Phi) is 2.73. The summed E-state index contributed by atoms with van der Waals surface area (Å²) in [6.07, 6.45) is 14.3. The molecule has 2 heteroatoms. The summed E-state index contributed by atoms with van der Waals surface area (Å²) in [5.41, 5.74) is 3.50. The van der Waals surface area contributed by atoms with Crippen molar-refractivity contribution >= 4 is 17.0 Å². The van der Waals surface area contributed by atoms with Gasteiger partial charge in [0.25, 0.3) is 0 Å². The Morgan fingerprint density at radius 1 is 1.05 bits per heavy atom. The quantitative estimate of drug-likeness (QED) is 0.848. The summed E-state index contributed by atoms with van der Waals surface area (Å²) in [4.78, 5) is 0. The summed E-state index contributed by atoms with van der Waals surface area (Å²) in [6.45, 7) is 0. The molecule has 2 nitrogen and oxygen atoms in total. The Morgan fingerprint density at radius 3 is 2.90 bits per heavy atom. The third-order valence-electron chi connectivity index (χ3n) is 3.99. The van der Waals surface area contributed by atoms with Gasteiger partial charge in [-0.2, -0.15) is 0 Å². The predicted octanol–water partition coefficient (Wildman–Crippen LogP) is 4.71. The minimum atomic E-state index is 0.299. The minimum absolute atomic E-state index is 0.299. The molecular weight excluding hydrogens is 246 g/mol. The van der Waals surface area contributed by atoms with Gasteiger partial charge in [0.1, 0.15) is 11.3 Å². The summed E-state index contributed by atoms with van der Waals surface area (Å²) < 4.78 is 5.95. The smallest absolute Gasteiger partial charge is 0.135 e. The number of furan rings is 1. The van der Waals surface area contributed by atoms with Crippen molar-refractivity contribution in [2.45, 2.75) is 25.3 Å². The molecule has 2 aromatic rings. The van der Waals surface area contributed by atoms with Gasteiger partial charge in [0.05, 0.1) is 6.04 Å². The lowest BCUT2D eigenvalue weighted by Crippen LogP contribution is -2.21. The van der Waals surface area contributed by atoms with E-state index >= 15 is 0 Å². The summed E-state index contributed by atoms with van der Waals surface area (Å²) in [5, 5.41) is 4.88. The van der Waals surface area contributed by atoms with Gasteiger partial charge in [-0.05, 0) is 37.5 Å². The standard InChI is InChI=1S/C18H17NO/c1-2-7-13(8-3-1)19-15-10-6-12-17-18(15)14-9-4-5-11-16(14)20-17/h2,4-9,11-12,15,19H,1,3,10H2. The average molecular weight is 263 g/mol. The molecule has 1 unspecified atom stereocenters. The molecule has 0 saturated heterocycles. The largest absolute Gasteiger partial charge is 0.456 e. The molecule has 1 atom stereocenters. The normalized spacial score (nSPS) is 20.8. The molecule has 0 saturated carbocycles. The van der Waals surface area contributed by atoms with E-state index in [0.717, 1.165) is 30.6 Å². The molecule has 0 radical (unpaired) electrons. The molecule has 2 aliphatic rings. The molecule has 1 N–H and O–H groups in total. The van der Waals surface area contributed by atoms with Crippen molar-refractivity contribution in [3.05, 3.63) is 65.6 Å². The van der Waals surface area contributed by atoms with Crippen LogP contribution >= 0.6 is 0 Å². The van der Waals surface area contributed by atoms with E-state index in [1.54, 1.807) is 0 Å². The fourth-order valence-electron chi connectivity index (χ4n) is 3.05. The van der Waals surface area contributed by atoms with Gasteiger partial charge >= 0.3 is 0 Å². The molecule has 0 amide bonds. The number of allylic oxidation sites excluding steroid dienone is 3. The van der Waals surface area contributed by atoms with Gasteiger partial charge < -0.3 is 9.73 Å². The fraction of sp³-hybridized carbons (Fsp3) is 0.222. The molecule has 1 aromatic carbocycles. The van der Waals surface area contributed by atoms with Crippen LogP contribution < -0.4 is 5.32 Å². The maximum Gasteiger partial charge on any atom is 0.135 e. The van der Waals surface area contributed by atoms with E-state index < -0.39 is 0 Å². The molecule has 0 spiro atoms. The van der Waals surface area contributed by atoms with Crippen LogP contribution in [0, 0.1) is 0 Å². The van der Waals surface area contributed by atoms with Gasteiger partial charge in [0, 0.05) is 16.6 Å². The van der Waals surface area contributed by atoms with Crippen LogP contribution in [0.4, 0.5) is 0 Å². The first-order valence-corrected chi connectivity index (χ1v) is 7.23. The van der Waals surface area contributed by atoms with Crippen molar-refractivity contribution in [2.75, 3.05) is 0 Å². The SMILES string of the molecule is C1=CC(NC2CC=Cc3oc4ccccc4c32)=CCC1. The molecule has 4 rings (SSSR count). The zero-order valence-corrected chi connectivity index (χ0v) is 11.3. The highest BCUT2D eigenvalue weighted by molar-refractivity contribution is 5.85. The average Bonchev–Trinajstić information content (AvgIpc) is 2.88. The summed E-state index contributed by atoms with van der Waals surface area (Å²) in [7, 11) is 0. The van der Waals surface area contributed by atoms with Gasteiger partial charge in [0.15, 0.2) is 0 Å². The highest BCUT2D eigenvalue weighted by Gasteiger charge is 2.23. The first-order chi connectivity index (χ1) is 9.92. The van der Waals surface area contributed by atoms with Gasteiger partial charge in [-0.15, -0.1) is 0 Å². The van der Waals surface area contributed by atoms with Gasteiger partial charge in [-0.1, -0.05) is 36.4 Å². The monoisotopic (exact) mass is 263 g/mol. The van der Waals surface area contributed by atoms with Crippen LogP contribution in [0.2, 0.25) is 0 Å². The van der Waals surface area contributed by atoms with Crippen LogP contribution in [0.25, 0.3) is 17.0 Å². The van der Waals surface area contributed by atoms with Crippen LogP contribution in [0.1, 0.15) is 36.6 Å². The molecule has 100 valence electrons. The maximum atomic E-state index is 5.95. The van der Waals surface area contributed by atoms with Crippen molar-refractivity contribution in [2.24, 2.45) is 0 Å². The molecule has 0 fully saturated rings. The zero-order chi connectivity index (χ0) is 13.4. The second kappa shape index (κ2) is 4.71. The van der Waals surface area contributed by atoms with Crippen LogP contribution in [-0.2, 0) is 0 Å². The van der Waals surface area contributed by atoms with Crippen molar-refractivity contribution < 1.29 is 4.42 Å². The van der Waals surface area contributed by atoms with E-state index in [1.165, 1.54) is 16.6 Å². The second-order valence-electron chi connectivity index (χ2n) is 5.35. The molecular formula is C18H17NO. The number of para-hydroxylation sites is 1. The Balaban J connectivity index is 1.75. The Hall–Kier alpha value is -2.22. The number of fused-ring (bicyclic) bond motifs is 3. The molecule has 2 aliphatic carbocycles. The lowest BCUT2D eigenvalue weighted by atomic mass is 9.95. The van der Waals surface area contributed by atoms with Crippen LogP contribution in [-0.4, -0.2) is 0 Å². The van der Waals surface area contributed by atoms with Gasteiger partial charge in [-0.3, -0.25) is 0 Å². The Morgan fingerprint density at radius 2 is 2.00 bits per heavy atom. The highest BCUT2D eigenvalue weighted by atomic mass is 16.3. The third kappa shape index (κ3) is 1.88. The minimum Gasteiger partial charge on any atom is -0.456 e. The second-order valence-corrected chi connectivity index (χ2v) is 5.35. The Bertz CT molecular complexity index is 733. The number of hydrogen-bond donors (Lipinski definition) is 1. The zero-order valence-electron chi connectivity index (χ0n) is 11.3. The van der Waals surface area contributed by atoms with E-state index in [9.17, 15) is 0 Å². The number of benzene rings is 1. The predicted molar refractivity (Wildman–Crippen MR) is 82.2 cm³/mol. The Labute approximate surface area is 118 Å². The molecule has 0 aliphatic heterocycles. The van der Waals surface area contributed by atoms with E-state index in [4.69, 9.17) is 4.42 Å². The van der Waals surface area contributed by atoms with Crippen molar-refractivity contribution in [1.29, 1.82) is 0 Å². The lowest BCUT2D eigenvalue weighted by Gasteiger charge is -2.22. The van der Waals surface area contributed by atoms with Crippen LogP contribution in [0.15, 0.2) is 58.7 Å². The lowest BCUT2D eigenvalue weighted by molar-refractivity contribution is 0.556. The summed E-state index contributed by atoms with van der Waals surface area (Å²) in [6, 6.07) is 8.59. The number of nitrogens with one attached hydrogen (secondary N) is 1. The van der Waals surface area contributed by atoms with Crippen molar-refractivity contribution in [1.82, 2.24) is 5.32 Å². The van der Waals surface area contributed by atoms with Crippen LogP contribution in [0.3, 0.4) is 0 Å². The van der Waals surface area contributed by atoms with E-state index in [0.29, 0.717) is 6.04 Å². The van der Waals surface area contributed by atoms with Crippen molar-refractivity contribution in [3.8, 4) is 0 Å². The number of rotatable bonds is 2. The highest BCUT2D eigenvalue weighted by Crippen LogP contribution is 2.37. The topological polar surface area (TPSA) is 25.2 Å². The fourth-order valence-corrected chi connectivity index (χ4v) is 3.05. The van der Waals surface area contributed by atoms with Gasteiger partial charge in [0.2, 0.25) is 0 Å². The van der Waals surface area contributed by atoms with E-state index in [-0.39, 0.29) is 0 Å². The molecule has 0 bridgehead atoms. The molecule has 20 heavy (non-hydrogen) atoms. The third-order valence-corrected chi connectivity index (χ3v) is 3.99. The number of hydrogen-bond acceptors (Lipinski definition) is 2. The van der Waals surface area contributed by atoms with Gasteiger partial charge in [-0.25, -0.2) is 0 Å². The maximum absolute atomic E-state index is 5.95. The van der Waals surface area contributed by atoms with Crippen LogP contribution in [0.5, 0.6) is 0 Å². The van der Waals surface area contributed by atoms with E-state index in [1.807, 2.05) is 12.1 Å². The molecule has 1 heterocycles. The first kappa shape index (κ1) is 11.6. The summed E-state index contributed by atoms with van der Waals surface area (Å²) >= 11 is 0. The summed E-state index contributed by atoms with van der Waals surface area (Å²) in [5.74, 6) is 0.996. The molecule has 1 aromatic heterocycles. The van der Waals surface area contributed by atoms with E-state index in [2.05, 4.69) is 47.8 Å². The van der Waals surface area contributed by atoms with Crippen molar-refractivity contribution in [3.63, 3.8) is 0 Å².